The van der Waals surface area contributed by atoms with Crippen LogP contribution in [0.3, 0.4) is 0 Å². The van der Waals surface area contributed by atoms with Crippen LogP contribution < -0.4 is 0 Å². The second-order valence-corrected chi connectivity index (χ2v) is 5.97. The van der Waals surface area contributed by atoms with E-state index in [4.69, 9.17) is 0 Å². The molecule has 0 aromatic carbocycles. The second-order valence-electron chi connectivity index (χ2n) is 5.97. The third kappa shape index (κ3) is 2.81. The van der Waals surface area contributed by atoms with E-state index >= 15 is 0 Å². The van der Waals surface area contributed by atoms with Gasteiger partial charge in [0.2, 0.25) is 0 Å². The summed E-state index contributed by atoms with van der Waals surface area (Å²) in [5.41, 5.74) is 0. The Morgan fingerprint density at radius 1 is 0.882 bits per heavy atom. The van der Waals surface area contributed by atoms with Gasteiger partial charge < -0.3 is 4.90 Å². The number of nitrogens with zero attached hydrogens (tertiary/aromatic N) is 4. The summed E-state index contributed by atoms with van der Waals surface area (Å²) in [6, 6.07) is 0.871. The van der Waals surface area contributed by atoms with Crippen molar-refractivity contribution in [1.82, 2.24) is 19.6 Å². The van der Waals surface area contributed by atoms with Crippen molar-refractivity contribution < 1.29 is 0 Å². The first-order chi connectivity index (χ1) is 8.31. The summed E-state index contributed by atoms with van der Waals surface area (Å²) in [7, 11) is 2.23. The molecular weight excluding hydrogens is 212 g/mol. The summed E-state index contributed by atoms with van der Waals surface area (Å²) in [6.07, 6.45) is 2.85. The van der Waals surface area contributed by atoms with E-state index in [2.05, 4.69) is 26.6 Å². The molecule has 3 aliphatic rings. The molecule has 0 bridgehead atoms. The Hall–Kier alpha value is -0.160. The van der Waals surface area contributed by atoms with Crippen molar-refractivity contribution >= 4 is 0 Å². The fourth-order valence-electron chi connectivity index (χ4n) is 3.46. The first kappa shape index (κ1) is 11.9. The van der Waals surface area contributed by atoms with Crippen molar-refractivity contribution in [2.24, 2.45) is 0 Å². The predicted octanol–water partition coefficient (Wildman–Crippen LogP) is -0.0287. The van der Waals surface area contributed by atoms with Crippen LogP contribution in [0.1, 0.15) is 12.8 Å². The third-order valence-corrected chi connectivity index (χ3v) is 4.67. The van der Waals surface area contributed by atoms with Crippen molar-refractivity contribution in [3.05, 3.63) is 0 Å². The summed E-state index contributed by atoms with van der Waals surface area (Å²) in [4.78, 5) is 10.4. The largest absolute Gasteiger partial charge is 0.304 e. The molecule has 0 aromatic heterocycles. The molecule has 1 atom stereocenters. The van der Waals surface area contributed by atoms with Crippen molar-refractivity contribution in [2.75, 3.05) is 66.1 Å². The molecule has 1 unspecified atom stereocenters. The van der Waals surface area contributed by atoms with E-state index in [0.29, 0.717) is 0 Å². The molecule has 0 amide bonds. The van der Waals surface area contributed by atoms with E-state index in [1.54, 1.807) is 0 Å². The normalized spacial score (nSPS) is 34.1. The molecule has 0 saturated carbocycles. The molecule has 3 saturated heterocycles. The average Bonchev–Trinajstić information content (AvgIpc) is 2.79. The molecule has 3 fully saturated rings. The number of hydrogen-bond donors (Lipinski definition) is 0. The lowest BCUT2D eigenvalue weighted by Crippen LogP contribution is -2.55. The molecule has 3 aliphatic heterocycles. The Morgan fingerprint density at radius 3 is 2.47 bits per heavy atom. The van der Waals surface area contributed by atoms with Crippen molar-refractivity contribution in [3.63, 3.8) is 0 Å². The lowest BCUT2D eigenvalue weighted by Gasteiger charge is -2.41. The van der Waals surface area contributed by atoms with Gasteiger partial charge in [-0.15, -0.1) is 0 Å². The lowest BCUT2D eigenvalue weighted by atomic mass is 10.1. The van der Waals surface area contributed by atoms with Crippen LogP contribution in [0.4, 0.5) is 0 Å². The number of hydrogen-bond acceptors (Lipinski definition) is 4. The van der Waals surface area contributed by atoms with Crippen molar-refractivity contribution in [3.8, 4) is 0 Å². The van der Waals surface area contributed by atoms with E-state index in [1.807, 2.05) is 0 Å². The molecule has 0 aliphatic carbocycles. The minimum absolute atomic E-state index is 0.871. The summed E-state index contributed by atoms with van der Waals surface area (Å²) >= 11 is 0. The molecule has 0 N–H and O–H groups in total. The highest BCUT2D eigenvalue weighted by Crippen LogP contribution is 2.21. The van der Waals surface area contributed by atoms with Gasteiger partial charge in [0.25, 0.3) is 0 Å². The Kier molecular flexibility index (Phi) is 3.66. The van der Waals surface area contributed by atoms with Gasteiger partial charge in [0.1, 0.15) is 0 Å². The quantitative estimate of drug-likeness (QED) is 0.670. The molecule has 3 heterocycles. The Labute approximate surface area is 105 Å². The minimum atomic E-state index is 0.871. The zero-order chi connectivity index (χ0) is 11.7. The Bertz CT molecular complexity index is 250. The molecular formula is C13H26N4. The van der Waals surface area contributed by atoms with Crippen molar-refractivity contribution in [2.45, 2.75) is 18.9 Å². The predicted molar refractivity (Wildman–Crippen MR) is 70.1 cm³/mol. The number of fused-ring (bicyclic) bond motifs is 1. The van der Waals surface area contributed by atoms with Crippen LogP contribution in [0.2, 0.25) is 0 Å². The molecule has 0 aromatic rings. The van der Waals surface area contributed by atoms with Crippen LogP contribution in [-0.2, 0) is 0 Å². The molecule has 0 spiro atoms. The summed E-state index contributed by atoms with van der Waals surface area (Å²) in [6.45, 7) is 11.4. The van der Waals surface area contributed by atoms with E-state index in [0.717, 1.165) is 6.04 Å². The standard InChI is InChI=1S/C13H26N4/c1-14-5-7-15(8-6-14)12-16-9-10-17-4-2-3-13(17)11-16/h13H,2-12H2,1H3. The van der Waals surface area contributed by atoms with Crippen LogP contribution in [0.5, 0.6) is 0 Å². The molecule has 17 heavy (non-hydrogen) atoms. The Balaban J connectivity index is 1.46. The summed E-state index contributed by atoms with van der Waals surface area (Å²) in [5, 5.41) is 0. The molecule has 0 radical (unpaired) electrons. The van der Waals surface area contributed by atoms with E-state index in [9.17, 15) is 0 Å². The molecule has 98 valence electrons. The van der Waals surface area contributed by atoms with Gasteiger partial charge in [-0.05, 0) is 26.4 Å². The first-order valence-electron chi connectivity index (χ1n) is 7.18. The van der Waals surface area contributed by atoms with Crippen LogP contribution >= 0.6 is 0 Å². The van der Waals surface area contributed by atoms with Gasteiger partial charge in [-0.2, -0.15) is 0 Å². The van der Waals surface area contributed by atoms with Crippen LogP contribution in [-0.4, -0.2) is 91.7 Å². The highest BCUT2D eigenvalue weighted by molar-refractivity contribution is 4.87. The maximum absolute atomic E-state index is 2.69. The monoisotopic (exact) mass is 238 g/mol. The Morgan fingerprint density at radius 2 is 1.65 bits per heavy atom. The topological polar surface area (TPSA) is 13.0 Å². The molecule has 3 rings (SSSR count). The number of piperazine rings is 2. The van der Waals surface area contributed by atoms with E-state index < -0.39 is 0 Å². The molecule has 4 heteroatoms. The van der Waals surface area contributed by atoms with Crippen LogP contribution in [0.25, 0.3) is 0 Å². The van der Waals surface area contributed by atoms with Crippen LogP contribution in [0.15, 0.2) is 0 Å². The zero-order valence-electron chi connectivity index (χ0n) is 11.1. The summed E-state index contributed by atoms with van der Waals surface area (Å²) < 4.78 is 0. The lowest BCUT2D eigenvalue weighted by molar-refractivity contribution is 0.0364. The van der Waals surface area contributed by atoms with Gasteiger partial charge in [0, 0.05) is 51.9 Å². The van der Waals surface area contributed by atoms with Gasteiger partial charge >= 0.3 is 0 Å². The first-order valence-corrected chi connectivity index (χ1v) is 7.18. The average molecular weight is 238 g/mol. The zero-order valence-corrected chi connectivity index (χ0v) is 11.1. The van der Waals surface area contributed by atoms with Gasteiger partial charge in [0.15, 0.2) is 0 Å². The highest BCUT2D eigenvalue weighted by Gasteiger charge is 2.31. The third-order valence-electron chi connectivity index (χ3n) is 4.67. The van der Waals surface area contributed by atoms with Gasteiger partial charge in [-0.25, -0.2) is 0 Å². The van der Waals surface area contributed by atoms with Gasteiger partial charge in [0.05, 0.1) is 6.67 Å². The minimum Gasteiger partial charge on any atom is -0.304 e. The maximum Gasteiger partial charge on any atom is 0.0508 e. The van der Waals surface area contributed by atoms with E-state index in [1.165, 1.54) is 71.9 Å². The summed E-state index contributed by atoms with van der Waals surface area (Å²) in [5.74, 6) is 0. The number of rotatable bonds is 2. The highest BCUT2D eigenvalue weighted by atomic mass is 15.4. The fourth-order valence-corrected chi connectivity index (χ4v) is 3.46. The smallest absolute Gasteiger partial charge is 0.0508 e. The number of likely N-dealkylation sites (N-methyl/N-ethyl adjacent to an activating group) is 1. The van der Waals surface area contributed by atoms with Gasteiger partial charge in [-0.1, -0.05) is 0 Å². The van der Waals surface area contributed by atoms with Gasteiger partial charge in [-0.3, -0.25) is 14.7 Å². The van der Waals surface area contributed by atoms with Crippen molar-refractivity contribution in [1.29, 1.82) is 0 Å². The van der Waals surface area contributed by atoms with Crippen LogP contribution in [0, 0.1) is 0 Å². The fraction of sp³-hybridized carbons (Fsp3) is 1.00. The maximum atomic E-state index is 2.69. The second kappa shape index (κ2) is 5.22. The van der Waals surface area contributed by atoms with E-state index in [-0.39, 0.29) is 0 Å². The molecule has 4 nitrogen and oxygen atoms in total. The SMILES string of the molecule is CN1CCN(CN2CCN3CCCC3C2)CC1.